The van der Waals surface area contributed by atoms with E-state index < -0.39 is 33.9 Å². The number of epoxide rings is 1. The van der Waals surface area contributed by atoms with Gasteiger partial charge >= 0.3 is 0 Å². The van der Waals surface area contributed by atoms with Crippen LogP contribution in [-0.4, -0.2) is 81.5 Å². The average molecular weight is 860 g/mol. The second kappa shape index (κ2) is 15.1. The number of hydrogen-bond donors (Lipinski definition) is 4. The first-order valence-corrected chi connectivity index (χ1v) is 24.4. The second-order valence-corrected chi connectivity index (χ2v) is 22.9. The molecule has 3 aromatic rings. The van der Waals surface area contributed by atoms with Crippen LogP contribution in [0.3, 0.4) is 0 Å². The highest BCUT2D eigenvalue weighted by atomic mass is 16.6. The van der Waals surface area contributed by atoms with Crippen LogP contribution in [0.25, 0.3) is 11.0 Å². The molecule has 1 spiro atoms. The number of carbonyl (C=O) groups is 2. The molecule has 6 aliphatic carbocycles. The highest BCUT2D eigenvalue weighted by Crippen LogP contribution is 2.79. The van der Waals surface area contributed by atoms with Crippen molar-refractivity contribution in [2.24, 2.45) is 45.3 Å². The highest BCUT2D eigenvalue weighted by molar-refractivity contribution is 6.01. The maximum atomic E-state index is 15.1. The quantitative estimate of drug-likeness (QED) is 0.106. The number of H-pyrrole nitrogens is 1. The van der Waals surface area contributed by atoms with Crippen molar-refractivity contribution in [2.45, 2.75) is 155 Å². The molecule has 0 radical (unpaired) electrons. The van der Waals surface area contributed by atoms with Gasteiger partial charge in [-0.15, -0.1) is 0 Å². The molecule has 63 heavy (non-hydrogen) atoms. The van der Waals surface area contributed by atoms with Crippen LogP contribution in [0, 0.1) is 52.3 Å². The molecule has 4 heterocycles. The predicted octanol–water partition coefficient (Wildman–Crippen LogP) is 8.92. The lowest BCUT2D eigenvalue weighted by Gasteiger charge is -2.72. The summed E-state index contributed by atoms with van der Waals surface area (Å²) in [5, 5.41) is 29.2. The lowest BCUT2D eigenvalue weighted by Crippen LogP contribution is -2.71. The van der Waals surface area contributed by atoms with E-state index in [9.17, 15) is 15.0 Å². The molecule has 5 fully saturated rings. The Morgan fingerprint density at radius 2 is 1.81 bits per heavy atom. The molecule has 340 valence electrons. The number of aliphatic hydroxyl groups is 2. The minimum absolute atomic E-state index is 0.112. The number of nitrogens with zero attached hydrogens (tertiary/aromatic N) is 1. The van der Waals surface area contributed by atoms with Gasteiger partial charge in [-0.3, -0.25) is 9.59 Å². The number of nitrogens with one attached hydrogen (secondary N) is 2. The molecule has 2 aliphatic heterocycles. The second-order valence-electron chi connectivity index (χ2n) is 22.9. The number of carbonyl (C=O) groups excluding carboxylic acids is 2. The Labute approximate surface area is 374 Å². The van der Waals surface area contributed by atoms with Gasteiger partial charge in [0.05, 0.1) is 28.3 Å². The molecule has 11 atom stereocenters. The van der Waals surface area contributed by atoms with E-state index >= 15 is 4.79 Å². The number of benzene rings is 1. The first-order chi connectivity index (χ1) is 29.9. The van der Waals surface area contributed by atoms with E-state index in [-0.39, 0.29) is 40.7 Å². The molecular weight excluding hydrogens is 787 g/mol. The van der Waals surface area contributed by atoms with Crippen LogP contribution in [0.1, 0.15) is 134 Å². The van der Waals surface area contributed by atoms with Crippen LogP contribution in [-0.2, 0) is 32.0 Å². The maximum absolute atomic E-state index is 15.1. The van der Waals surface area contributed by atoms with Gasteiger partial charge in [0, 0.05) is 74.1 Å². The van der Waals surface area contributed by atoms with Crippen molar-refractivity contribution < 1.29 is 29.3 Å². The monoisotopic (exact) mass is 860 g/mol. The zero-order valence-corrected chi connectivity index (χ0v) is 39.2. The summed E-state index contributed by atoms with van der Waals surface area (Å²) in [5.41, 5.74) is 5.98. The maximum Gasteiger partial charge on any atom is 0.160 e. The third kappa shape index (κ3) is 6.47. The normalized spacial score (nSPS) is 38.1. The van der Waals surface area contributed by atoms with Crippen molar-refractivity contribution in [3.63, 3.8) is 0 Å². The molecule has 0 unspecified atom stereocenters. The Morgan fingerprint density at radius 3 is 2.54 bits per heavy atom. The molecule has 8 aliphatic rings. The van der Waals surface area contributed by atoms with E-state index in [1.54, 1.807) is 0 Å². The fourth-order valence-electron chi connectivity index (χ4n) is 16.1. The summed E-state index contributed by atoms with van der Waals surface area (Å²) >= 11 is 0. The van der Waals surface area contributed by atoms with E-state index in [0.29, 0.717) is 43.9 Å². The smallest absolute Gasteiger partial charge is 0.160 e. The Morgan fingerprint density at radius 1 is 1.05 bits per heavy atom. The number of Topliss-reactive ketones (excluding diaryl/α,β-unsaturated/α-hetero) is 2. The van der Waals surface area contributed by atoms with Crippen LogP contribution in [0.2, 0.25) is 0 Å². The molecule has 4 N–H and O–H groups in total. The average Bonchev–Trinajstić information content (AvgIpc) is 3.48. The Balaban J connectivity index is 1.10. The fraction of sp³-hybridized carbons (Fsp3) is 0.667. The minimum Gasteiger partial charge on any atom is -0.390 e. The standard InChI is InChI=1S/C54H73N3O6/c1-32-24-34(27-36(25-32)35-13-22-62-23-14-35)28-37-30-57(39-12-20-56-46(37)39)31-38-45-44(33(2)26-40(58)47-49(3,4)63-47)41(59)29-53(45)15-9-16-54(38,61)48-51(6)17-11-43(60)50(5,19-21-55-8)42(51)10-18-52(48,53)7/h9,12,16,20,24-25,27,30,33,35,38,40,42,47-48,55-56,58,61H,10-11,13-15,17-19,21-23,26,28-29,31H2,1-8H3/t33-,38+,40-,42+,47-,48-,50+,51-,52+,53+,54-/m1/s1. The Bertz CT molecular complexity index is 2380. The first-order valence-electron chi connectivity index (χ1n) is 24.4. The van der Waals surface area contributed by atoms with Crippen LogP contribution >= 0.6 is 0 Å². The topological polar surface area (TPSA) is 129 Å². The summed E-state index contributed by atoms with van der Waals surface area (Å²) in [6.07, 6.45) is 16.0. The molecule has 2 saturated heterocycles. The molecule has 0 amide bonds. The predicted molar refractivity (Wildman–Crippen MR) is 246 cm³/mol. The number of aromatic nitrogens is 2. The van der Waals surface area contributed by atoms with Crippen LogP contribution < -0.4 is 5.32 Å². The summed E-state index contributed by atoms with van der Waals surface area (Å²) in [5.74, 6) is 0.383. The summed E-state index contributed by atoms with van der Waals surface area (Å²) in [7, 11) is 1.97. The van der Waals surface area contributed by atoms with Crippen molar-refractivity contribution in [1.82, 2.24) is 14.9 Å². The highest BCUT2D eigenvalue weighted by Gasteiger charge is 2.77. The van der Waals surface area contributed by atoms with E-state index in [2.05, 4.69) is 92.1 Å². The number of hydrogen-bond acceptors (Lipinski definition) is 7. The third-order valence-electron chi connectivity index (χ3n) is 18.9. The van der Waals surface area contributed by atoms with Crippen molar-refractivity contribution in [2.75, 3.05) is 26.8 Å². The number of fused-ring (bicyclic) bond motifs is 3. The molecule has 1 aromatic carbocycles. The molecule has 3 saturated carbocycles. The summed E-state index contributed by atoms with van der Waals surface area (Å²) < 4.78 is 14.0. The van der Waals surface area contributed by atoms with Gasteiger partial charge in [-0.2, -0.15) is 0 Å². The number of allylic oxidation sites excluding steroid dienone is 2. The lowest BCUT2D eigenvalue weighted by atomic mass is 9.32. The minimum atomic E-state index is -1.29. The number of rotatable bonds is 12. The molecule has 2 bridgehead atoms. The summed E-state index contributed by atoms with van der Waals surface area (Å²) in [6, 6.07) is 9.24. The van der Waals surface area contributed by atoms with Gasteiger partial charge in [0.1, 0.15) is 11.9 Å². The number of aromatic amines is 1. The molecule has 9 heteroatoms. The van der Waals surface area contributed by atoms with E-state index in [1.807, 2.05) is 27.1 Å². The largest absolute Gasteiger partial charge is 0.390 e. The number of ether oxygens (including phenoxy) is 2. The van der Waals surface area contributed by atoms with E-state index in [0.717, 1.165) is 86.9 Å². The fourth-order valence-corrected chi connectivity index (χ4v) is 16.1. The van der Waals surface area contributed by atoms with Gasteiger partial charge in [-0.05, 0) is 148 Å². The van der Waals surface area contributed by atoms with Gasteiger partial charge in [0.25, 0.3) is 0 Å². The van der Waals surface area contributed by atoms with Crippen LogP contribution in [0.5, 0.6) is 0 Å². The van der Waals surface area contributed by atoms with Gasteiger partial charge in [-0.25, -0.2) is 0 Å². The van der Waals surface area contributed by atoms with Crippen LogP contribution in [0.15, 0.2) is 60.0 Å². The zero-order chi connectivity index (χ0) is 44.5. The van der Waals surface area contributed by atoms with E-state index in [1.165, 1.54) is 22.3 Å². The van der Waals surface area contributed by atoms with Crippen LogP contribution in [0.4, 0.5) is 0 Å². The molecular formula is C54H73N3O6. The van der Waals surface area contributed by atoms with Gasteiger partial charge in [-0.1, -0.05) is 63.6 Å². The van der Waals surface area contributed by atoms with Gasteiger partial charge in [0.15, 0.2) is 5.78 Å². The molecule has 2 aromatic heterocycles. The zero-order valence-electron chi connectivity index (χ0n) is 39.2. The van der Waals surface area contributed by atoms with E-state index in [4.69, 9.17) is 9.47 Å². The van der Waals surface area contributed by atoms with Crippen molar-refractivity contribution >= 4 is 22.6 Å². The SMILES string of the molecule is CNCC[C@]1(C)C(=O)CC[C@@]2(C)[C@H]3[C@@]4(O)C=CC[C@@]5(CC(=O)C([C@H](C)C[C@@H](O)[C@H]6OC6(C)C)=C5[C@@H]4Cn4cc(Cc5cc(C)cc(C6CCOCC6)c5)c5[nH]ccc54)[C@@]3(C)CC[C@H]21. The lowest BCUT2D eigenvalue weighted by molar-refractivity contribution is -0.245. The van der Waals surface area contributed by atoms with Gasteiger partial charge < -0.3 is 34.6 Å². The summed E-state index contributed by atoms with van der Waals surface area (Å²) in [4.78, 5) is 32.9. The Hall–Kier alpha value is -3.34. The van der Waals surface area contributed by atoms with Crippen molar-refractivity contribution in [1.29, 1.82) is 0 Å². The van der Waals surface area contributed by atoms with Crippen molar-refractivity contribution in [3.05, 3.63) is 82.2 Å². The first kappa shape index (κ1) is 43.5. The van der Waals surface area contributed by atoms with Gasteiger partial charge in [0.2, 0.25) is 0 Å². The molecule has 11 rings (SSSR count). The summed E-state index contributed by atoms with van der Waals surface area (Å²) in [6.45, 7) is 18.3. The third-order valence-corrected chi connectivity index (χ3v) is 18.9. The van der Waals surface area contributed by atoms with Crippen molar-refractivity contribution in [3.8, 4) is 0 Å². The number of aryl methyl sites for hydroxylation is 1. The number of aliphatic hydroxyl groups excluding tert-OH is 1. The Kier molecular flexibility index (Phi) is 10.4. The number of ketones is 2. The molecule has 9 nitrogen and oxygen atoms in total.